The molecule has 2 aliphatic rings. The van der Waals surface area contributed by atoms with Crippen LogP contribution in [-0.2, 0) is 6.42 Å². The molecule has 1 fully saturated rings. The molecule has 0 aliphatic carbocycles. The highest BCUT2D eigenvalue weighted by Crippen LogP contribution is 2.42. The van der Waals surface area contributed by atoms with Gasteiger partial charge in [0.05, 0.1) is 24.2 Å². The highest BCUT2D eigenvalue weighted by molar-refractivity contribution is 5.86. The second-order valence-electron chi connectivity index (χ2n) is 9.08. The van der Waals surface area contributed by atoms with Crippen molar-refractivity contribution in [2.45, 2.75) is 24.5 Å². The van der Waals surface area contributed by atoms with E-state index < -0.39 is 54.2 Å². The van der Waals surface area contributed by atoms with Gasteiger partial charge in [0.25, 0.3) is 5.92 Å². The summed E-state index contributed by atoms with van der Waals surface area (Å²) >= 11 is 0. The Bertz CT molecular complexity index is 1200. The Hall–Kier alpha value is -2.53. The van der Waals surface area contributed by atoms with Crippen LogP contribution in [0.2, 0.25) is 0 Å². The van der Waals surface area contributed by atoms with E-state index in [1.807, 2.05) is 0 Å². The normalized spacial score (nSPS) is 20.4. The van der Waals surface area contributed by atoms with Gasteiger partial charge in [0.1, 0.15) is 24.1 Å². The third-order valence-corrected chi connectivity index (χ3v) is 6.85. The lowest BCUT2D eigenvalue weighted by molar-refractivity contribution is -0.0791. The molecule has 5 rings (SSSR count). The molecule has 5 nitrogen and oxygen atoms in total. The van der Waals surface area contributed by atoms with E-state index in [4.69, 9.17) is 5.11 Å². The lowest BCUT2D eigenvalue weighted by atomic mass is 9.87. The number of halogens is 5. The molecule has 3 heterocycles. The number of benzene rings is 2. The quantitative estimate of drug-likeness (QED) is 0.408. The molecule has 2 aromatic carbocycles. The highest BCUT2D eigenvalue weighted by Gasteiger charge is 2.41. The lowest BCUT2D eigenvalue weighted by Gasteiger charge is -2.38. The molecule has 0 saturated carbocycles. The number of hydrogen-bond donors (Lipinski definition) is 4. The molecule has 10 heteroatoms. The molecule has 0 radical (unpaired) electrons. The minimum atomic E-state index is -3.51. The first-order chi connectivity index (χ1) is 16.2. The molecule has 2 aliphatic heterocycles. The van der Waals surface area contributed by atoms with Gasteiger partial charge < -0.3 is 20.5 Å². The van der Waals surface area contributed by atoms with Crippen molar-refractivity contribution < 1.29 is 32.2 Å². The Labute approximate surface area is 192 Å². The maximum absolute atomic E-state index is 15.4. The van der Waals surface area contributed by atoms with Gasteiger partial charge in [-0.05, 0) is 35.7 Å². The Morgan fingerprint density at radius 1 is 1.09 bits per heavy atom. The van der Waals surface area contributed by atoms with Crippen LogP contribution < -0.4 is 5.32 Å². The number of aromatic nitrogens is 1. The standard InChI is InChI=1S/C24H24F5N3O2/c25-16-3-1-2-14-15-4-5-32(10-24(28,29)11-33)22(21(15)31-20(14)16)19-17(26)6-12(7-18(19)27)23(34)13-8-30-9-13/h1-3,6-7,13,22-23,30-31,33-34H,4-5,8-11H2/t22-,23?/m0/s1. The van der Waals surface area contributed by atoms with Crippen LogP contribution in [-0.4, -0.2) is 58.8 Å². The Balaban J connectivity index is 1.64. The van der Waals surface area contributed by atoms with E-state index in [2.05, 4.69) is 10.3 Å². The van der Waals surface area contributed by atoms with E-state index in [0.29, 0.717) is 24.0 Å². The Kier molecular flexibility index (Phi) is 5.87. The van der Waals surface area contributed by atoms with Crippen molar-refractivity contribution in [2.24, 2.45) is 5.92 Å². The SMILES string of the molecule is OCC(F)(F)CN1CCc2c([nH]c3c(F)cccc23)[C@@H]1c1c(F)cc(C(O)C2CNC2)cc1F. The molecule has 4 N–H and O–H groups in total. The predicted molar refractivity (Wildman–Crippen MR) is 115 cm³/mol. The minimum Gasteiger partial charge on any atom is -0.390 e. The van der Waals surface area contributed by atoms with Gasteiger partial charge in [0, 0.05) is 42.2 Å². The van der Waals surface area contributed by atoms with E-state index >= 15 is 8.78 Å². The molecule has 1 aromatic heterocycles. The van der Waals surface area contributed by atoms with Gasteiger partial charge in [-0.2, -0.15) is 0 Å². The number of H-pyrrole nitrogens is 1. The van der Waals surface area contributed by atoms with E-state index in [0.717, 1.165) is 12.1 Å². The van der Waals surface area contributed by atoms with Crippen molar-refractivity contribution in [3.63, 3.8) is 0 Å². The number of hydrogen-bond acceptors (Lipinski definition) is 4. The molecule has 182 valence electrons. The number of para-hydroxylation sites is 1. The average Bonchev–Trinajstić information content (AvgIpc) is 3.13. The summed E-state index contributed by atoms with van der Waals surface area (Å²) in [6, 6.07) is 5.18. The summed E-state index contributed by atoms with van der Waals surface area (Å²) in [5.74, 6) is -6.23. The number of rotatable bonds is 6. The van der Waals surface area contributed by atoms with Crippen LogP contribution >= 0.6 is 0 Å². The van der Waals surface area contributed by atoms with Crippen LogP contribution in [0, 0.1) is 23.4 Å². The highest BCUT2D eigenvalue weighted by atomic mass is 19.3. The number of nitrogens with one attached hydrogen (secondary N) is 2. The fraction of sp³-hybridized carbons (Fsp3) is 0.417. The summed E-state index contributed by atoms with van der Waals surface area (Å²) in [6.45, 7) is -1.31. The Morgan fingerprint density at radius 3 is 2.41 bits per heavy atom. The van der Waals surface area contributed by atoms with E-state index in [-0.39, 0.29) is 35.7 Å². The van der Waals surface area contributed by atoms with E-state index in [1.54, 1.807) is 6.07 Å². The molecule has 0 spiro atoms. The van der Waals surface area contributed by atoms with E-state index in [1.165, 1.54) is 17.0 Å². The Morgan fingerprint density at radius 2 is 1.79 bits per heavy atom. The molecule has 1 unspecified atom stereocenters. The maximum atomic E-state index is 15.4. The third-order valence-electron chi connectivity index (χ3n) is 6.85. The summed E-state index contributed by atoms with van der Waals surface area (Å²) in [4.78, 5) is 4.07. The fourth-order valence-corrected chi connectivity index (χ4v) is 5.01. The molecule has 2 atom stereocenters. The van der Waals surface area contributed by atoms with Crippen LogP contribution in [0.1, 0.15) is 34.5 Å². The summed E-state index contributed by atoms with van der Waals surface area (Å²) < 4.78 is 73.7. The summed E-state index contributed by atoms with van der Waals surface area (Å²) in [5, 5.41) is 23.1. The number of aliphatic hydroxyl groups excluding tert-OH is 2. The van der Waals surface area contributed by atoms with Crippen molar-refractivity contribution in [2.75, 3.05) is 32.8 Å². The van der Waals surface area contributed by atoms with Gasteiger partial charge in [0.2, 0.25) is 0 Å². The number of fused-ring (bicyclic) bond motifs is 3. The topological polar surface area (TPSA) is 71.5 Å². The van der Waals surface area contributed by atoms with Gasteiger partial charge in [-0.1, -0.05) is 12.1 Å². The van der Waals surface area contributed by atoms with Gasteiger partial charge in [-0.25, -0.2) is 22.0 Å². The molecule has 3 aromatic rings. The van der Waals surface area contributed by atoms with E-state index in [9.17, 15) is 18.3 Å². The zero-order valence-corrected chi connectivity index (χ0v) is 18.1. The zero-order chi connectivity index (χ0) is 24.2. The largest absolute Gasteiger partial charge is 0.390 e. The van der Waals surface area contributed by atoms with Crippen molar-refractivity contribution >= 4 is 10.9 Å². The van der Waals surface area contributed by atoms with Gasteiger partial charge in [-0.15, -0.1) is 0 Å². The zero-order valence-electron chi connectivity index (χ0n) is 18.1. The van der Waals surface area contributed by atoms with Gasteiger partial charge >= 0.3 is 0 Å². The summed E-state index contributed by atoms with van der Waals surface area (Å²) in [7, 11) is 0. The second kappa shape index (κ2) is 8.60. The first kappa shape index (κ1) is 23.2. The van der Waals surface area contributed by atoms with Crippen LogP contribution in [0.4, 0.5) is 22.0 Å². The number of aliphatic hydroxyl groups is 2. The first-order valence-corrected chi connectivity index (χ1v) is 11.1. The molecular formula is C24H24F5N3O2. The fourth-order valence-electron chi connectivity index (χ4n) is 5.01. The van der Waals surface area contributed by atoms with Crippen molar-refractivity contribution in [3.8, 4) is 0 Å². The van der Waals surface area contributed by atoms with Crippen LogP contribution in [0.5, 0.6) is 0 Å². The maximum Gasteiger partial charge on any atom is 0.283 e. The van der Waals surface area contributed by atoms with Crippen LogP contribution in [0.15, 0.2) is 30.3 Å². The number of aromatic amines is 1. The minimum absolute atomic E-state index is 0.0216. The predicted octanol–water partition coefficient (Wildman–Crippen LogP) is 3.41. The van der Waals surface area contributed by atoms with Crippen LogP contribution in [0.25, 0.3) is 10.9 Å². The van der Waals surface area contributed by atoms with Crippen molar-refractivity contribution in [3.05, 3.63) is 70.2 Å². The first-order valence-electron chi connectivity index (χ1n) is 11.1. The van der Waals surface area contributed by atoms with Gasteiger partial charge in [0.15, 0.2) is 0 Å². The summed E-state index contributed by atoms with van der Waals surface area (Å²) in [5.41, 5.74) is 0.570. The van der Waals surface area contributed by atoms with Crippen molar-refractivity contribution in [1.29, 1.82) is 0 Å². The summed E-state index contributed by atoms with van der Waals surface area (Å²) in [6.07, 6.45) is -0.816. The molecule has 34 heavy (non-hydrogen) atoms. The van der Waals surface area contributed by atoms with Crippen molar-refractivity contribution in [1.82, 2.24) is 15.2 Å². The number of nitrogens with zero attached hydrogens (tertiary/aromatic N) is 1. The van der Waals surface area contributed by atoms with Crippen LogP contribution in [0.3, 0.4) is 0 Å². The lowest BCUT2D eigenvalue weighted by Crippen LogP contribution is -2.46. The number of alkyl halides is 2. The molecule has 1 saturated heterocycles. The second-order valence-corrected chi connectivity index (χ2v) is 9.08. The van der Waals surface area contributed by atoms with Gasteiger partial charge in [-0.3, -0.25) is 4.90 Å². The third kappa shape index (κ3) is 3.88. The molecule has 0 amide bonds. The molecule has 0 bridgehead atoms. The monoisotopic (exact) mass is 481 g/mol. The molecular weight excluding hydrogens is 457 g/mol. The average molecular weight is 481 g/mol. The smallest absolute Gasteiger partial charge is 0.283 e.